The third-order valence-corrected chi connectivity index (χ3v) is 7.09. The quantitative estimate of drug-likeness (QED) is 0.146. The maximum Gasteiger partial charge on any atom is 0.246 e. The molecule has 0 saturated carbocycles. The highest BCUT2D eigenvalue weighted by Gasteiger charge is 2.20. The number of aromatic nitrogens is 2. The Balaban J connectivity index is 1.54. The number of hydrogen-bond donors (Lipinski definition) is 3. The number of anilines is 3. The SMILES string of the molecule is C[C@@H](C(=O)NCCCC#Cc1cnc(Nc2cccc(F)c2)nc1NCCc1cccs1)N(C)C(=O)C=CCN(C)C. The first kappa shape index (κ1) is 32.2. The summed E-state index contributed by atoms with van der Waals surface area (Å²) in [6.07, 6.45) is 6.93. The standard InChI is InChI=1S/C31H38FN7O2S/c1-23(39(4)28(40)15-9-19-38(2)3)30(41)34-17-7-5-6-11-24-22-35-31(36-26-13-8-12-25(32)21-26)37-29(24)33-18-16-27-14-10-20-42-27/h8-10,12-15,20-23H,5,7,16-19H2,1-4H3,(H,34,41)(H2,33,35,36,37)/t23-/m0/s1. The van der Waals surface area contributed by atoms with Crippen LogP contribution in [0.2, 0.25) is 0 Å². The maximum absolute atomic E-state index is 13.6. The van der Waals surface area contributed by atoms with Crippen molar-refractivity contribution in [1.29, 1.82) is 0 Å². The lowest BCUT2D eigenvalue weighted by molar-refractivity contribution is -0.135. The van der Waals surface area contributed by atoms with Gasteiger partial charge in [-0.25, -0.2) is 9.37 Å². The van der Waals surface area contributed by atoms with Crippen molar-refractivity contribution < 1.29 is 14.0 Å². The lowest BCUT2D eigenvalue weighted by atomic mass is 10.2. The fourth-order valence-corrected chi connectivity index (χ4v) is 4.37. The summed E-state index contributed by atoms with van der Waals surface area (Å²) in [6, 6.07) is 9.62. The van der Waals surface area contributed by atoms with Crippen molar-refractivity contribution >= 4 is 40.6 Å². The second kappa shape index (κ2) is 16.9. The molecule has 3 rings (SSSR count). The first-order valence-electron chi connectivity index (χ1n) is 13.7. The highest BCUT2D eigenvalue weighted by Crippen LogP contribution is 2.18. The molecule has 42 heavy (non-hydrogen) atoms. The van der Waals surface area contributed by atoms with Crippen LogP contribution >= 0.6 is 11.3 Å². The Hall–Kier alpha value is -4.27. The number of benzene rings is 1. The molecule has 3 aromatic rings. The molecule has 2 amide bonds. The number of nitrogens with one attached hydrogen (secondary N) is 3. The summed E-state index contributed by atoms with van der Waals surface area (Å²) >= 11 is 1.70. The van der Waals surface area contributed by atoms with E-state index in [1.54, 1.807) is 49.7 Å². The van der Waals surface area contributed by atoms with E-state index in [2.05, 4.69) is 43.8 Å². The zero-order valence-electron chi connectivity index (χ0n) is 24.5. The largest absolute Gasteiger partial charge is 0.369 e. The molecule has 1 aromatic carbocycles. The van der Waals surface area contributed by atoms with E-state index in [0.717, 1.165) is 6.42 Å². The molecule has 2 heterocycles. The van der Waals surface area contributed by atoms with E-state index in [1.165, 1.54) is 28.0 Å². The van der Waals surface area contributed by atoms with Crippen LogP contribution in [0.5, 0.6) is 0 Å². The molecule has 11 heteroatoms. The number of thiophene rings is 1. The number of rotatable bonds is 14. The molecule has 0 radical (unpaired) electrons. The van der Waals surface area contributed by atoms with E-state index >= 15 is 0 Å². The molecule has 222 valence electrons. The summed E-state index contributed by atoms with van der Waals surface area (Å²) in [5.74, 6) is 6.39. The van der Waals surface area contributed by atoms with Gasteiger partial charge in [-0.15, -0.1) is 11.3 Å². The average Bonchev–Trinajstić information content (AvgIpc) is 3.48. The van der Waals surface area contributed by atoms with E-state index in [-0.39, 0.29) is 17.6 Å². The number of halogens is 1. The highest BCUT2D eigenvalue weighted by molar-refractivity contribution is 7.09. The summed E-state index contributed by atoms with van der Waals surface area (Å²) < 4.78 is 13.6. The first-order chi connectivity index (χ1) is 20.2. The van der Waals surface area contributed by atoms with E-state index in [9.17, 15) is 14.0 Å². The lowest BCUT2D eigenvalue weighted by Gasteiger charge is -2.23. The van der Waals surface area contributed by atoms with E-state index in [1.807, 2.05) is 30.4 Å². The smallest absolute Gasteiger partial charge is 0.246 e. The highest BCUT2D eigenvalue weighted by atomic mass is 32.1. The summed E-state index contributed by atoms with van der Waals surface area (Å²) in [4.78, 5) is 38.4. The number of amides is 2. The van der Waals surface area contributed by atoms with E-state index < -0.39 is 6.04 Å². The zero-order valence-corrected chi connectivity index (χ0v) is 25.3. The van der Waals surface area contributed by atoms with Crippen LogP contribution in [0.25, 0.3) is 0 Å². The number of nitrogens with zero attached hydrogens (tertiary/aromatic N) is 4. The molecular weight excluding hydrogens is 553 g/mol. The topological polar surface area (TPSA) is 102 Å². The van der Waals surface area contributed by atoms with Gasteiger partial charge in [0, 0.05) is 49.7 Å². The minimum absolute atomic E-state index is 0.216. The second-order valence-corrected chi connectivity index (χ2v) is 10.9. The van der Waals surface area contributed by atoms with Crippen LogP contribution in [-0.2, 0) is 16.0 Å². The Labute approximate surface area is 251 Å². The molecule has 0 aliphatic heterocycles. The Kier molecular flexibility index (Phi) is 12.9. The average molecular weight is 592 g/mol. The number of likely N-dealkylation sites (N-methyl/N-ethyl adjacent to an activating group) is 2. The van der Waals surface area contributed by atoms with Gasteiger partial charge in [0.25, 0.3) is 0 Å². The van der Waals surface area contributed by atoms with Crippen molar-refractivity contribution in [3.63, 3.8) is 0 Å². The van der Waals surface area contributed by atoms with Gasteiger partial charge >= 0.3 is 0 Å². The van der Waals surface area contributed by atoms with Crippen LogP contribution in [0.4, 0.5) is 21.8 Å². The van der Waals surface area contributed by atoms with Crippen molar-refractivity contribution in [3.8, 4) is 11.8 Å². The van der Waals surface area contributed by atoms with Gasteiger partial charge in [0.05, 0.1) is 11.8 Å². The first-order valence-corrected chi connectivity index (χ1v) is 14.6. The second-order valence-electron chi connectivity index (χ2n) is 9.83. The Morgan fingerprint density at radius 1 is 1.17 bits per heavy atom. The van der Waals surface area contributed by atoms with Gasteiger partial charge in [-0.05, 0) is 63.5 Å². The zero-order chi connectivity index (χ0) is 30.3. The molecule has 0 aliphatic rings. The molecular formula is C31H38FN7O2S. The predicted octanol–water partition coefficient (Wildman–Crippen LogP) is 4.29. The third-order valence-electron chi connectivity index (χ3n) is 6.15. The molecule has 0 aliphatic carbocycles. The summed E-state index contributed by atoms with van der Waals surface area (Å²) in [5.41, 5.74) is 1.19. The van der Waals surface area contributed by atoms with Gasteiger partial charge in [0.15, 0.2) is 0 Å². The molecule has 0 fully saturated rings. The summed E-state index contributed by atoms with van der Waals surface area (Å²) in [7, 11) is 5.45. The van der Waals surface area contributed by atoms with Crippen LogP contribution < -0.4 is 16.0 Å². The van der Waals surface area contributed by atoms with Crippen LogP contribution in [0.3, 0.4) is 0 Å². The van der Waals surface area contributed by atoms with Crippen molar-refractivity contribution in [3.05, 3.63) is 76.4 Å². The normalized spacial score (nSPS) is 11.6. The molecule has 9 nitrogen and oxygen atoms in total. The number of carbonyl (C=O) groups is 2. The van der Waals surface area contributed by atoms with E-state index in [4.69, 9.17) is 0 Å². The van der Waals surface area contributed by atoms with Crippen LogP contribution in [0.1, 0.15) is 30.2 Å². The molecule has 0 saturated heterocycles. The maximum atomic E-state index is 13.6. The van der Waals surface area contributed by atoms with Crippen molar-refractivity contribution in [2.75, 3.05) is 51.4 Å². The number of carbonyl (C=O) groups excluding carboxylic acids is 2. The number of unbranched alkanes of at least 4 members (excludes halogenated alkanes) is 1. The van der Waals surface area contributed by atoms with Crippen molar-refractivity contribution in [1.82, 2.24) is 25.1 Å². The number of hydrogen-bond acceptors (Lipinski definition) is 8. The van der Waals surface area contributed by atoms with Gasteiger partial charge in [0.1, 0.15) is 17.7 Å². The minimum Gasteiger partial charge on any atom is -0.369 e. The van der Waals surface area contributed by atoms with Gasteiger partial charge in [-0.3, -0.25) is 9.59 Å². The predicted molar refractivity (Wildman–Crippen MR) is 167 cm³/mol. The molecule has 0 spiro atoms. The Morgan fingerprint density at radius 2 is 2.00 bits per heavy atom. The molecule has 0 bridgehead atoms. The fourth-order valence-electron chi connectivity index (χ4n) is 3.66. The van der Waals surface area contributed by atoms with Crippen molar-refractivity contribution in [2.24, 2.45) is 0 Å². The molecule has 2 aromatic heterocycles. The Bertz CT molecular complexity index is 1400. The third kappa shape index (κ3) is 11.0. The van der Waals surface area contributed by atoms with Crippen LogP contribution in [-0.4, -0.2) is 78.4 Å². The molecule has 3 N–H and O–H groups in total. The van der Waals surface area contributed by atoms with Gasteiger partial charge in [0.2, 0.25) is 17.8 Å². The van der Waals surface area contributed by atoms with Gasteiger partial charge in [-0.1, -0.05) is 30.0 Å². The Morgan fingerprint density at radius 3 is 2.74 bits per heavy atom. The van der Waals surface area contributed by atoms with E-state index in [0.29, 0.717) is 55.5 Å². The molecule has 0 unspecified atom stereocenters. The monoisotopic (exact) mass is 591 g/mol. The minimum atomic E-state index is -0.591. The van der Waals surface area contributed by atoms with Crippen molar-refractivity contribution in [2.45, 2.75) is 32.2 Å². The summed E-state index contributed by atoms with van der Waals surface area (Å²) in [5, 5.41) is 11.3. The van der Waals surface area contributed by atoms with Crippen LogP contribution in [0, 0.1) is 17.7 Å². The van der Waals surface area contributed by atoms with Gasteiger partial charge < -0.3 is 25.8 Å². The lowest BCUT2D eigenvalue weighted by Crippen LogP contribution is -2.45. The summed E-state index contributed by atoms with van der Waals surface area (Å²) in [6.45, 7) is 3.45. The molecule has 1 atom stereocenters. The van der Waals surface area contributed by atoms with Gasteiger partial charge in [-0.2, -0.15) is 4.98 Å². The fraction of sp³-hybridized carbons (Fsp3) is 0.355. The van der Waals surface area contributed by atoms with Crippen LogP contribution in [0.15, 0.2) is 60.1 Å².